The van der Waals surface area contributed by atoms with E-state index in [0.717, 1.165) is 6.07 Å². The van der Waals surface area contributed by atoms with Crippen molar-refractivity contribution in [1.29, 1.82) is 0 Å². The highest BCUT2D eigenvalue weighted by atomic mass is 19.2. The molecule has 0 bridgehead atoms. The molecule has 0 amide bonds. The molecule has 0 aliphatic heterocycles. The number of rotatable bonds is 3. The summed E-state index contributed by atoms with van der Waals surface area (Å²) in [5, 5.41) is 2.67. The summed E-state index contributed by atoms with van der Waals surface area (Å²) in [4.78, 5) is 7.95. The van der Waals surface area contributed by atoms with Crippen LogP contribution in [0.15, 0.2) is 24.3 Å². The molecule has 1 aromatic heterocycles. The van der Waals surface area contributed by atoms with Crippen molar-refractivity contribution in [3.05, 3.63) is 41.6 Å². The fourth-order valence-corrected chi connectivity index (χ4v) is 1.44. The molecule has 0 atom stereocenters. The number of aromatic nitrogens is 2. The van der Waals surface area contributed by atoms with Crippen molar-refractivity contribution >= 4 is 17.5 Å². The molecule has 7 heteroatoms. The molecule has 18 heavy (non-hydrogen) atoms. The quantitative estimate of drug-likeness (QED) is 0.575. The molecule has 1 aromatic carbocycles. The number of hydrogen-bond acceptors (Lipinski definition) is 5. The van der Waals surface area contributed by atoms with Gasteiger partial charge < -0.3 is 5.32 Å². The molecule has 0 saturated heterocycles. The Balaban J connectivity index is 2.34. The van der Waals surface area contributed by atoms with Gasteiger partial charge in [0.2, 0.25) is 5.95 Å². The maximum Gasteiger partial charge on any atom is 0.239 e. The van der Waals surface area contributed by atoms with E-state index in [1.807, 2.05) is 0 Å². The van der Waals surface area contributed by atoms with Crippen molar-refractivity contribution in [3.63, 3.8) is 0 Å². The van der Waals surface area contributed by atoms with Gasteiger partial charge in [-0.1, -0.05) is 6.07 Å². The van der Waals surface area contributed by atoms with E-state index in [9.17, 15) is 8.78 Å². The maximum atomic E-state index is 13.4. The highest BCUT2D eigenvalue weighted by Crippen LogP contribution is 2.21. The molecule has 94 valence electrons. The normalized spacial score (nSPS) is 10.2. The van der Waals surface area contributed by atoms with E-state index in [-0.39, 0.29) is 11.6 Å². The van der Waals surface area contributed by atoms with Gasteiger partial charge in [0.25, 0.3) is 0 Å². The zero-order chi connectivity index (χ0) is 13.1. The first-order valence-electron chi connectivity index (χ1n) is 5.13. The van der Waals surface area contributed by atoms with Crippen LogP contribution in [0.2, 0.25) is 0 Å². The first-order valence-corrected chi connectivity index (χ1v) is 5.13. The van der Waals surface area contributed by atoms with Crippen LogP contribution in [-0.4, -0.2) is 9.97 Å². The molecular formula is C11H11F2N5. The van der Waals surface area contributed by atoms with Crippen LogP contribution in [0.1, 0.15) is 5.69 Å². The van der Waals surface area contributed by atoms with Gasteiger partial charge in [-0.3, -0.25) is 5.43 Å². The van der Waals surface area contributed by atoms with Gasteiger partial charge in [0.15, 0.2) is 11.6 Å². The number of hydrazine groups is 1. The molecule has 0 unspecified atom stereocenters. The SMILES string of the molecule is Cc1cc(Nc2cccc(F)c2F)nc(NN)n1. The second kappa shape index (κ2) is 4.92. The summed E-state index contributed by atoms with van der Waals surface area (Å²) < 4.78 is 26.5. The number of nitrogens with one attached hydrogen (secondary N) is 2. The van der Waals surface area contributed by atoms with Crippen molar-refractivity contribution in [2.24, 2.45) is 5.84 Å². The standard InChI is InChI=1S/C11H11F2N5/c1-6-5-9(17-11(15-6)18-14)16-8-4-2-3-7(12)10(8)13/h2-5H,14H2,1H3,(H2,15,16,17,18). The lowest BCUT2D eigenvalue weighted by atomic mass is 10.3. The lowest BCUT2D eigenvalue weighted by Gasteiger charge is -2.09. The van der Waals surface area contributed by atoms with Crippen LogP contribution in [0.4, 0.5) is 26.2 Å². The largest absolute Gasteiger partial charge is 0.338 e. The predicted molar refractivity (Wildman–Crippen MR) is 64.2 cm³/mol. The van der Waals surface area contributed by atoms with Crippen molar-refractivity contribution < 1.29 is 8.78 Å². The molecule has 2 aromatic rings. The number of nitrogens with zero attached hydrogens (tertiary/aromatic N) is 2. The molecule has 0 aliphatic carbocycles. The Kier molecular flexibility index (Phi) is 3.33. The number of anilines is 3. The van der Waals surface area contributed by atoms with Crippen molar-refractivity contribution in [2.45, 2.75) is 6.92 Å². The lowest BCUT2D eigenvalue weighted by molar-refractivity contribution is 0.511. The summed E-state index contributed by atoms with van der Waals surface area (Å²) in [5.74, 6) is 3.82. The van der Waals surface area contributed by atoms with Gasteiger partial charge in [0, 0.05) is 11.8 Å². The molecule has 4 N–H and O–H groups in total. The third kappa shape index (κ3) is 2.51. The fraction of sp³-hybridized carbons (Fsp3) is 0.0909. The molecule has 2 rings (SSSR count). The molecule has 0 spiro atoms. The zero-order valence-electron chi connectivity index (χ0n) is 9.54. The maximum absolute atomic E-state index is 13.4. The number of aryl methyl sites for hydroxylation is 1. The van der Waals surface area contributed by atoms with E-state index in [2.05, 4.69) is 20.7 Å². The van der Waals surface area contributed by atoms with Crippen LogP contribution in [-0.2, 0) is 0 Å². The number of benzene rings is 1. The second-order valence-electron chi connectivity index (χ2n) is 3.59. The monoisotopic (exact) mass is 251 g/mol. The zero-order valence-corrected chi connectivity index (χ0v) is 9.54. The van der Waals surface area contributed by atoms with E-state index < -0.39 is 11.6 Å². The first-order chi connectivity index (χ1) is 8.60. The fourth-order valence-electron chi connectivity index (χ4n) is 1.44. The van der Waals surface area contributed by atoms with Gasteiger partial charge in [0.05, 0.1) is 5.69 Å². The molecule has 0 radical (unpaired) electrons. The molecule has 1 heterocycles. The molecular weight excluding hydrogens is 240 g/mol. The Hall–Kier alpha value is -2.28. The molecule has 0 aliphatic rings. The summed E-state index contributed by atoms with van der Waals surface area (Å²) in [6.45, 7) is 1.73. The Morgan fingerprint density at radius 3 is 2.72 bits per heavy atom. The van der Waals surface area contributed by atoms with E-state index in [4.69, 9.17) is 5.84 Å². The van der Waals surface area contributed by atoms with Gasteiger partial charge in [-0.2, -0.15) is 4.98 Å². The minimum atomic E-state index is -0.962. The van der Waals surface area contributed by atoms with Crippen LogP contribution in [0.5, 0.6) is 0 Å². The Labute approximate surface area is 102 Å². The Bertz CT molecular complexity index is 573. The summed E-state index contributed by atoms with van der Waals surface area (Å²) in [6.07, 6.45) is 0. The highest BCUT2D eigenvalue weighted by molar-refractivity contribution is 5.58. The minimum Gasteiger partial charge on any atom is -0.338 e. The third-order valence-electron chi connectivity index (χ3n) is 2.20. The second-order valence-corrected chi connectivity index (χ2v) is 3.59. The molecule has 5 nitrogen and oxygen atoms in total. The van der Waals surface area contributed by atoms with Crippen LogP contribution in [0.25, 0.3) is 0 Å². The number of nitrogen functional groups attached to an aromatic ring is 1. The Morgan fingerprint density at radius 1 is 1.22 bits per heavy atom. The van der Waals surface area contributed by atoms with E-state index in [0.29, 0.717) is 11.5 Å². The summed E-state index contributed by atoms with van der Waals surface area (Å²) in [6, 6.07) is 5.44. The highest BCUT2D eigenvalue weighted by Gasteiger charge is 2.09. The minimum absolute atomic E-state index is 0.00364. The topological polar surface area (TPSA) is 75.9 Å². The average Bonchev–Trinajstić information content (AvgIpc) is 2.34. The van der Waals surface area contributed by atoms with Gasteiger partial charge >= 0.3 is 0 Å². The smallest absolute Gasteiger partial charge is 0.239 e. The summed E-state index contributed by atoms with van der Waals surface area (Å²) >= 11 is 0. The van der Waals surface area contributed by atoms with E-state index in [1.54, 1.807) is 13.0 Å². The number of hydrogen-bond donors (Lipinski definition) is 3. The van der Waals surface area contributed by atoms with Gasteiger partial charge in [-0.15, -0.1) is 0 Å². The Morgan fingerprint density at radius 2 is 2.00 bits per heavy atom. The number of halogens is 2. The van der Waals surface area contributed by atoms with Crippen LogP contribution < -0.4 is 16.6 Å². The average molecular weight is 251 g/mol. The van der Waals surface area contributed by atoms with Gasteiger partial charge in [0.1, 0.15) is 5.82 Å². The van der Waals surface area contributed by atoms with Crippen LogP contribution in [0.3, 0.4) is 0 Å². The predicted octanol–water partition coefficient (Wildman–Crippen LogP) is 2.09. The summed E-state index contributed by atoms with van der Waals surface area (Å²) in [5.41, 5.74) is 2.92. The first kappa shape index (κ1) is 12.2. The van der Waals surface area contributed by atoms with Gasteiger partial charge in [-0.25, -0.2) is 19.6 Å². The molecule has 0 saturated carbocycles. The van der Waals surface area contributed by atoms with Crippen LogP contribution >= 0.6 is 0 Å². The van der Waals surface area contributed by atoms with Crippen molar-refractivity contribution in [3.8, 4) is 0 Å². The van der Waals surface area contributed by atoms with Crippen molar-refractivity contribution in [2.75, 3.05) is 10.7 Å². The van der Waals surface area contributed by atoms with Crippen LogP contribution in [0, 0.1) is 18.6 Å². The third-order valence-corrected chi connectivity index (χ3v) is 2.20. The van der Waals surface area contributed by atoms with E-state index in [1.165, 1.54) is 12.1 Å². The lowest BCUT2D eigenvalue weighted by Crippen LogP contribution is -2.12. The van der Waals surface area contributed by atoms with E-state index >= 15 is 0 Å². The molecule has 0 fully saturated rings. The van der Waals surface area contributed by atoms with Gasteiger partial charge in [-0.05, 0) is 19.1 Å². The van der Waals surface area contributed by atoms with Crippen molar-refractivity contribution in [1.82, 2.24) is 9.97 Å². The number of nitrogens with two attached hydrogens (primary N) is 1. The summed E-state index contributed by atoms with van der Waals surface area (Å²) in [7, 11) is 0.